The van der Waals surface area contributed by atoms with E-state index in [0.29, 0.717) is 18.4 Å². The van der Waals surface area contributed by atoms with Crippen molar-refractivity contribution >= 4 is 19.9 Å². The Bertz CT molecular complexity index is 777. The molecule has 0 unspecified atom stereocenters. The molecule has 1 atom stereocenters. The second kappa shape index (κ2) is 6.36. The maximum absolute atomic E-state index is 12.8. The van der Waals surface area contributed by atoms with E-state index in [2.05, 4.69) is 0 Å². The third-order valence-corrected chi connectivity index (χ3v) is 7.37. The average Bonchev–Trinajstić information content (AvgIpc) is 2.84. The standard InChI is InChI=1S/C14H18N2O4S2/c1-2-8-16(13-7-9-21(17,18)11-13)22(19,20)14-5-3-12(10-15)4-6-14/h3-6,13H,2,7-9,11H2,1H3/t13-/m1/s1. The minimum absolute atomic E-state index is 0.0285. The molecule has 6 nitrogen and oxygen atoms in total. The smallest absolute Gasteiger partial charge is 0.229 e. The molecule has 1 aliphatic heterocycles. The van der Waals surface area contributed by atoms with Gasteiger partial charge in [-0.25, -0.2) is 16.8 Å². The molecule has 0 spiro atoms. The summed E-state index contributed by atoms with van der Waals surface area (Å²) in [6.45, 7) is 2.13. The zero-order chi connectivity index (χ0) is 16.4. The first kappa shape index (κ1) is 16.9. The molecule has 1 aromatic carbocycles. The van der Waals surface area contributed by atoms with Crippen molar-refractivity contribution in [3.8, 4) is 6.07 Å². The number of sulfonamides is 1. The Labute approximate surface area is 131 Å². The van der Waals surface area contributed by atoms with Crippen molar-refractivity contribution in [2.75, 3.05) is 18.1 Å². The lowest BCUT2D eigenvalue weighted by molar-refractivity contribution is 0.340. The van der Waals surface area contributed by atoms with Crippen molar-refractivity contribution in [1.82, 2.24) is 4.31 Å². The van der Waals surface area contributed by atoms with Gasteiger partial charge < -0.3 is 0 Å². The number of hydrogen-bond donors (Lipinski definition) is 0. The molecule has 0 radical (unpaired) electrons. The number of hydrogen-bond acceptors (Lipinski definition) is 5. The minimum Gasteiger partial charge on any atom is -0.229 e. The highest BCUT2D eigenvalue weighted by molar-refractivity contribution is 7.92. The van der Waals surface area contributed by atoms with Crippen molar-refractivity contribution < 1.29 is 16.8 Å². The highest BCUT2D eigenvalue weighted by Gasteiger charge is 2.38. The summed E-state index contributed by atoms with van der Waals surface area (Å²) in [6, 6.07) is 7.10. The van der Waals surface area contributed by atoms with Crippen LogP contribution in [-0.4, -0.2) is 45.2 Å². The van der Waals surface area contributed by atoms with Crippen LogP contribution in [0, 0.1) is 11.3 Å². The van der Waals surface area contributed by atoms with Gasteiger partial charge in [-0.05, 0) is 37.1 Å². The minimum atomic E-state index is -3.76. The van der Waals surface area contributed by atoms with Gasteiger partial charge in [-0.3, -0.25) is 0 Å². The summed E-state index contributed by atoms with van der Waals surface area (Å²) in [5.74, 6) is -0.0940. The van der Waals surface area contributed by atoms with E-state index in [1.807, 2.05) is 13.0 Å². The molecule has 120 valence electrons. The molecule has 0 aliphatic carbocycles. The fourth-order valence-electron chi connectivity index (χ4n) is 2.56. The van der Waals surface area contributed by atoms with Crippen molar-refractivity contribution in [2.24, 2.45) is 0 Å². The lowest BCUT2D eigenvalue weighted by Crippen LogP contribution is -2.41. The zero-order valence-corrected chi connectivity index (χ0v) is 13.9. The first-order valence-electron chi connectivity index (χ1n) is 7.02. The Kier molecular flexibility index (Phi) is 4.90. The first-order valence-corrected chi connectivity index (χ1v) is 10.3. The molecule has 0 amide bonds. The predicted octanol–water partition coefficient (Wildman–Crippen LogP) is 1.15. The molecule has 0 N–H and O–H groups in total. The molecule has 2 rings (SSSR count). The normalized spacial score (nSPS) is 20.9. The number of rotatable bonds is 5. The van der Waals surface area contributed by atoms with Crippen LogP contribution in [0.25, 0.3) is 0 Å². The average molecular weight is 342 g/mol. The van der Waals surface area contributed by atoms with Crippen molar-refractivity contribution in [1.29, 1.82) is 5.26 Å². The van der Waals surface area contributed by atoms with E-state index >= 15 is 0 Å². The van der Waals surface area contributed by atoms with Gasteiger partial charge in [0.05, 0.1) is 28.0 Å². The largest absolute Gasteiger partial charge is 0.243 e. The number of nitriles is 1. The molecule has 0 saturated carbocycles. The van der Waals surface area contributed by atoms with Crippen molar-refractivity contribution in [3.05, 3.63) is 29.8 Å². The summed E-state index contributed by atoms with van der Waals surface area (Å²) >= 11 is 0. The van der Waals surface area contributed by atoms with Gasteiger partial charge in [0, 0.05) is 12.6 Å². The van der Waals surface area contributed by atoms with Crippen LogP contribution in [0.2, 0.25) is 0 Å². The molecular formula is C14H18N2O4S2. The molecule has 0 bridgehead atoms. The summed E-state index contributed by atoms with van der Waals surface area (Å²) in [7, 11) is -6.92. The summed E-state index contributed by atoms with van der Waals surface area (Å²) in [5.41, 5.74) is 0.379. The van der Waals surface area contributed by atoms with Crippen molar-refractivity contribution in [2.45, 2.75) is 30.7 Å². The van der Waals surface area contributed by atoms with Gasteiger partial charge in [0.25, 0.3) is 0 Å². The number of nitrogens with zero attached hydrogens (tertiary/aromatic N) is 2. The number of sulfone groups is 1. The Morgan fingerprint density at radius 2 is 1.95 bits per heavy atom. The zero-order valence-electron chi connectivity index (χ0n) is 12.3. The molecule has 1 aromatic rings. The Morgan fingerprint density at radius 3 is 2.41 bits per heavy atom. The van der Waals surface area contributed by atoms with Gasteiger partial charge in [0.2, 0.25) is 10.0 Å². The lowest BCUT2D eigenvalue weighted by Gasteiger charge is -2.27. The molecular weight excluding hydrogens is 324 g/mol. The lowest BCUT2D eigenvalue weighted by atomic mass is 10.2. The second-order valence-electron chi connectivity index (χ2n) is 5.31. The quantitative estimate of drug-likeness (QED) is 0.800. The Balaban J connectivity index is 2.35. The third kappa shape index (κ3) is 3.48. The molecule has 22 heavy (non-hydrogen) atoms. The Morgan fingerprint density at radius 1 is 1.32 bits per heavy atom. The van der Waals surface area contributed by atoms with Gasteiger partial charge in [-0.1, -0.05) is 6.92 Å². The first-order chi connectivity index (χ1) is 10.3. The SMILES string of the molecule is CCCN([C@@H]1CCS(=O)(=O)C1)S(=O)(=O)c1ccc(C#N)cc1. The van der Waals surface area contributed by atoms with Crippen LogP contribution in [0.5, 0.6) is 0 Å². The Hall–Kier alpha value is -1.43. The molecule has 1 aliphatic rings. The van der Waals surface area contributed by atoms with Crippen LogP contribution in [0.1, 0.15) is 25.3 Å². The topological polar surface area (TPSA) is 95.3 Å². The van der Waals surface area contributed by atoms with Crippen LogP contribution < -0.4 is 0 Å². The van der Waals surface area contributed by atoms with E-state index in [0.717, 1.165) is 0 Å². The van der Waals surface area contributed by atoms with Gasteiger partial charge in [-0.15, -0.1) is 0 Å². The van der Waals surface area contributed by atoms with E-state index < -0.39 is 25.9 Å². The molecule has 8 heteroatoms. The van der Waals surface area contributed by atoms with E-state index in [-0.39, 0.29) is 22.9 Å². The van der Waals surface area contributed by atoms with E-state index in [9.17, 15) is 16.8 Å². The summed E-state index contributed by atoms with van der Waals surface area (Å²) in [6.07, 6.45) is 0.934. The molecule has 0 aromatic heterocycles. The van der Waals surface area contributed by atoms with Crippen LogP contribution >= 0.6 is 0 Å². The van der Waals surface area contributed by atoms with Gasteiger partial charge in [0.15, 0.2) is 9.84 Å². The molecule has 1 saturated heterocycles. The van der Waals surface area contributed by atoms with Crippen LogP contribution in [-0.2, 0) is 19.9 Å². The summed E-state index contributed by atoms with van der Waals surface area (Å²) < 4.78 is 50.1. The van der Waals surface area contributed by atoms with Gasteiger partial charge >= 0.3 is 0 Å². The summed E-state index contributed by atoms with van der Waals surface area (Å²) in [4.78, 5) is 0.0873. The predicted molar refractivity (Wildman–Crippen MR) is 82.4 cm³/mol. The summed E-state index contributed by atoms with van der Waals surface area (Å²) in [5, 5.41) is 8.78. The highest BCUT2D eigenvalue weighted by Crippen LogP contribution is 2.25. The van der Waals surface area contributed by atoms with Crippen LogP contribution in [0.4, 0.5) is 0 Å². The second-order valence-corrected chi connectivity index (χ2v) is 9.43. The van der Waals surface area contributed by atoms with Crippen LogP contribution in [0.15, 0.2) is 29.2 Å². The van der Waals surface area contributed by atoms with Crippen LogP contribution in [0.3, 0.4) is 0 Å². The van der Waals surface area contributed by atoms with Gasteiger partial charge in [0.1, 0.15) is 0 Å². The fraction of sp³-hybridized carbons (Fsp3) is 0.500. The highest BCUT2D eigenvalue weighted by atomic mass is 32.2. The monoisotopic (exact) mass is 342 g/mol. The maximum Gasteiger partial charge on any atom is 0.243 e. The fourth-order valence-corrected chi connectivity index (χ4v) is 6.13. The van der Waals surface area contributed by atoms with E-state index in [1.165, 1.54) is 28.6 Å². The maximum atomic E-state index is 12.8. The number of benzene rings is 1. The molecule has 1 heterocycles. The van der Waals surface area contributed by atoms with E-state index in [4.69, 9.17) is 5.26 Å². The van der Waals surface area contributed by atoms with Crippen molar-refractivity contribution in [3.63, 3.8) is 0 Å². The third-order valence-electron chi connectivity index (χ3n) is 3.65. The van der Waals surface area contributed by atoms with E-state index in [1.54, 1.807) is 0 Å². The van der Waals surface area contributed by atoms with Gasteiger partial charge in [-0.2, -0.15) is 9.57 Å². The molecule has 1 fully saturated rings.